The van der Waals surface area contributed by atoms with Crippen LogP contribution in [0.4, 0.5) is 0 Å². The molecule has 1 amide bonds. The van der Waals surface area contributed by atoms with E-state index >= 15 is 0 Å². The van der Waals surface area contributed by atoms with Crippen molar-refractivity contribution in [2.24, 2.45) is 5.92 Å². The Kier molecular flexibility index (Phi) is 4.27. The Morgan fingerprint density at radius 1 is 1.26 bits per heavy atom. The molecule has 0 aliphatic carbocycles. The molecular weight excluding hydrogens is 298 g/mol. The summed E-state index contributed by atoms with van der Waals surface area (Å²) in [6.45, 7) is 4.03. The maximum Gasteiger partial charge on any atom is 0.287 e. The largest absolute Gasteiger partial charge is 0.461 e. The summed E-state index contributed by atoms with van der Waals surface area (Å²) in [7, 11) is 0. The third-order valence-electron chi connectivity index (χ3n) is 3.69. The van der Waals surface area contributed by atoms with Crippen LogP contribution in [0.5, 0.6) is 0 Å². The third kappa shape index (κ3) is 3.18. The van der Waals surface area contributed by atoms with Gasteiger partial charge in [-0.05, 0) is 30.2 Å². The molecular formula is C16H17N3O4. The number of rotatable bonds is 6. The van der Waals surface area contributed by atoms with Gasteiger partial charge in [-0.3, -0.25) is 4.79 Å². The highest BCUT2D eigenvalue weighted by molar-refractivity contribution is 5.91. The van der Waals surface area contributed by atoms with Crippen LogP contribution in [0.1, 0.15) is 42.8 Å². The van der Waals surface area contributed by atoms with Gasteiger partial charge in [0.1, 0.15) is 6.04 Å². The molecule has 7 heteroatoms. The van der Waals surface area contributed by atoms with Crippen LogP contribution >= 0.6 is 0 Å². The predicted molar refractivity (Wildman–Crippen MR) is 80.4 cm³/mol. The minimum absolute atomic E-state index is 0.110. The van der Waals surface area contributed by atoms with Crippen molar-refractivity contribution in [2.75, 3.05) is 0 Å². The van der Waals surface area contributed by atoms with Gasteiger partial charge in [0, 0.05) is 0 Å². The van der Waals surface area contributed by atoms with E-state index < -0.39 is 6.04 Å². The van der Waals surface area contributed by atoms with E-state index in [1.165, 1.54) is 12.5 Å². The van der Waals surface area contributed by atoms with Gasteiger partial charge in [-0.25, -0.2) is 0 Å². The zero-order valence-corrected chi connectivity index (χ0v) is 12.9. The zero-order valence-electron chi connectivity index (χ0n) is 12.9. The van der Waals surface area contributed by atoms with Crippen LogP contribution in [0.2, 0.25) is 0 Å². The van der Waals surface area contributed by atoms with Crippen molar-refractivity contribution in [3.63, 3.8) is 0 Å². The minimum atomic E-state index is -0.409. The molecule has 3 rings (SSSR count). The molecule has 0 aliphatic heterocycles. The van der Waals surface area contributed by atoms with Gasteiger partial charge >= 0.3 is 0 Å². The number of hydrogen-bond donors (Lipinski definition) is 1. The summed E-state index contributed by atoms with van der Waals surface area (Å²) in [5, 5.41) is 6.80. The minimum Gasteiger partial charge on any atom is -0.461 e. The molecule has 0 fully saturated rings. The third-order valence-corrected chi connectivity index (χ3v) is 3.69. The molecule has 2 atom stereocenters. The molecule has 0 saturated heterocycles. The number of carbonyl (C=O) groups excluding carboxylic acids is 1. The van der Waals surface area contributed by atoms with Crippen LogP contribution in [-0.4, -0.2) is 16.0 Å². The fourth-order valence-electron chi connectivity index (χ4n) is 2.17. The summed E-state index contributed by atoms with van der Waals surface area (Å²) in [6.07, 6.45) is 3.83. The Balaban J connectivity index is 1.83. The molecule has 7 nitrogen and oxygen atoms in total. The summed E-state index contributed by atoms with van der Waals surface area (Å²) in [5.41, 5.74) is 0. The highest BCUT2D eigenvalue weighted by atomic mass is 16.5. The van der Waals surface area contributed by atoms with Gasteiger partial charge < -0.3 is 18.7 Å². The summed E-state index contributed by atoms with van der Waals surface area (Å²) in [6, 6.07) is 6.35. The van der Waals surface area contributed by atoms with Crippen LogP contribution in [0, 0.1) is 5.92 Å². The first kappa shape index (κ1) is 15.1. The SMILES string of the molecule is CC[C@@H](C)[C@@H](NC(=O)c1ccco1)c1nc(-c2ccco2)no1. The first-order valence-electron chi connectivity index (χ1n) is 7.41. The van der Waals surface area contributed by atoms with Crippen LogP contribution < -0.4 is 5.32 Å². The second kappa shape index (κ2) is 6.51. The molecule has 3 heterocycles. The summed E-state index contributed by atoms with van der Waals surface area (Å²) in [5.74, 6) is 1.23. The number of nitrogens with zero attached hydrogens (tertiary/aromatic N) is 2. The Bertz CT molecular complexity index is 746. The molecule has 3 aromatic heterocycles. The second-order valence-electron chi connectivity index (χ2n) is 5.25. The molecule has 0 radical (unpaired) electrons. The van der Waals surface area contributed by atoms with Crippen LogP contribution in [0.15, 0.2) is 50.1 Å². The lowest BCUT2D eigenvalue weighted by Crippen LogP contribution is -2.32. The van der Waals surface area contributed by atoms with E-state index in [0.29, 0.717) is 17.5 Å². The molecule has 0 aromatic carbocycles. The van der Waals surface area contributed by atoms with Gasteiger partial charge in [0.2, 0.25) is 11.7 Å². The van der Waals surface area contributed by atoms with Gasteiger partial charge in [-0.15, -0.1) is 0 Å². The fraction of sp³-hybridized carbons (Fsp3) is 0.312. The van der Waals surface area contributed by atoms with Crippen molar-refractivity contribution in [1.29, 1.82) is 0 Å². The molecule has 0 bridgehead atoms. The molecule has 0 aliphatic rings. The number of aromatic nitrogens is 2. The summed E-state index contributed by atoms with van der Waals surface area (Å²) in [4.78, 5) is 16.6. The van der Waals surface area contributed by atoms with E-state index in [0.717, 1.165) is 6.42 Å². The molecule has 120 valence electrons. The van der Waals surface area contributed by atoms with E-state index in [-0.39, 0.29) is 17.6 Å². The lowest BCUT2D eigenvalue weighted by Gasteiger charge is -2.20. The van der Waals surface area contributed by atoms with E-state index in [1.807, 2.05) is 13.8 Å². The normalized spacial score (nSPS) is 13.7. The monoisotopic (exact) mass is 315 g/mol. The van der Waals surface area contributed by atoms with Gasteiger partial charge in [0.25, 0.3) is 5.91 Å². The van der Waals surface area contributed by atoms with Crippen LogP contribution in [0.25, 0.3) is 11.6 Å². The maximum atomic E-state index is 12.2. The molecule has 0 saturated carbocycles. The Morgan fingerprint density at radius 3 is 2.70 bits per heavy atom. The van der Waals surface area contributed by atoms with Crippen molar-refractivity contribution in [2.45, 2.75) is 26.3 Å². The van der Waals surface area contributed by atoms with Crippen molar-refractivity contribution in [1.82, 2.24) is 15.5 Å². The van der Waals surface area contributed by atoms with Crippen LogP contribution in [-0.2, 0) is 0 Å². The second-order valence-corrected chi connectivity index (χ2v) is 5.25. The number of amides is 1. The molecule has 3 aromatic rings. The van der Waals surface area contributed by atoms with Crippen molar-refractivity contribution < 1.29 is 18.2 Å². The van der Waals surface area contributed by atoms with Crippen molar-refractivity contribution >= 4 is 5.91 Å². The number of carbonyl (C=O) groups is 1. The first-order valence-corrected chi connectivity index (χ1v) is 7.41. The highest BCUT2D eigenvalue weighted by Crippen LogP contribution is 2.26. The fourth-order valence-corrected chi connectivity index (χ4v) is 2.17. The first-order chi connectivity index (χ1) is 11.2. The van der Waals surface area contributed by atoms with Gasteiger partial charge in [-0.1, -0.05) is 25.4 Å². The quantitative estimate of drug-likeness (QED) is 0.748. The van der Waals surface area contributed by atoms with Crippen LogP contribution in [0.3, 0.4) is 0 Å². The van der Waals surface area contributed by atoms with E-state index in [1.54, 1.807) is 24.3 Å². The molecule has 0 spiro atoms. The maximum absolute atomic E-state index is 12.2. The Morgan fingerprint density at radius 2 is 2.04 bits per heavy atom. The predicted octanol–water partition coefficient (Wildman–Crippen LogP) is 3.44. The zero-order chi connectivity index (χ0) is 16.2. The standard InChI is InChI=1S/C16H17N3O4/c1-3-10(2)13(17-15(20)12-7-5-9-22-12)16-18-14(19-23-16)11-6-4-8-21-11/h4-10,13H,3H2,1-2H3,(H,17,20)/t10-,13-/m1/s1. The van der Waals surface area contributed by atoms with Crippen molar-refractivity contribution in [3.8, 4) is 11.6 Å². The topological polar surface area (TPSA) is 94.3 Å². The van der Waals surface area contributed by atoms with Gasteiger partial charge in [0.05, 0.1) is 12.5 Å². The molecule has 1 N–H and O–H groups in total. The Labute approximate surface area is 132 Å². The molecule has 23 heavy (non-hydrogen) atoms. The highest BCUT2D eigenvalue weighted by Gasteiger charge is 2.28. The smallest absolute Gasteiger partial charge is 0.287 e. The van der Waals surface area contributed by atoms with Crippen molar-refractivity contribution in [3.05, 3.63) is 48.4 Å². The lowest BCUT2D eigenvalue weighted by molar-refractivity contribution is 0.0882. The molecule has 0 unspecified atom stereocenters. The summed E-state index contributed by atoms with van der Waals surface area (Å²) < 4.78 is 15.7. The van der Waals surface area contributed by atoms with Gasteiger partial charge in [-0.2, -0.15) is 4.98 Å². The average molecular weight is 315 g/mol. The number of nitrogens with one attached hydrogen (secondary N) is 1. The van der Waals surface area contributed by atoms with E-state index in [2.05, 4.69) is 15.5 Å². The number of furan rings is 2. The average Bonchev–Trinajstić information content (AvgIpc) is 3.32. The van der Waals surface area contributed by atoms with Gasteiger partial charge in [0.15, 0.2) is 11.5 Å². The number of hydrogen-bond acceptors (Lipinski definition) is 6. The summed E-state index contributed by atoms with van der Waals surface area (Å²) >= 11 is 0. The van der Waals surface area contributed by atoms with E-state index in [4.69, 9.17) is 13.4 Å². The lowest BCUT2D eigenvalue weighted by atomic mass is 9.99. The van der Waals surface area contributed by atoms with E-state index in [9.17, 15) is 4.79 Å². The Hall–Kier alpha value is -2.83.